The summed E-state index contributed by atoms with van der Waals surface area (Å²) in [7, 11) is 0. The number of aromatic nitrogens is 3. The van der Waals surface area contributed by atoms with Crippen LogP contribution in [0.3, 0.4) is 0 Å². The van der Waals surface area contributed by atoms with Crippen molar-refractivity contribution in [2.75, 3.05) is 13.2 Å². The molecule has 6 heteroatoms. The zero-order chi connectivity index (χ0) is 16.1. The largest absolute Gasteiger partial charge is 0.477 e. The first-order valence-electron chi connectivity index (χ1n) is 7.56. The van der Waals surface area contributed by atoms with E-state index in [4.69, 9.17) is 4.74 Å². The molecule has 0 aliphatic heterocycles. The summed E-state index contributed by atoms with van der Waals surface area (Å²) in [5.41, 5.74) is 2.29. The van der Waals surface area contributed by atoms with Gasteiger partial charge in [-0.05, 0) is 31.2 Å². The molecule has 6 nitrogen and oxygen atoms in total. The molecule has 0 aromatic carbocycles. The summed E-state index contributed by atoms with van der Waals surface area (Å²) >= 11 is 0. The maximum absolute atomic E-state index is 12.2. The van der Waals surface area contributed by atoms with Crippen molar-refractivity contribution in [3.63, 3.8) is 0 Å². The highest BCUT2D eigenvalue weighted by molar-refractivity contribution is 5.96. The number of rotatable bonds is 6. The number of hydrogen-bond donors (Lipinski definition) is 1. The minimum Gasteiger partial charge on any atom is -0.477 e. The maximum atomic E-state index is 12.2. The van der Waals surface area contributed by atoms with E-state index in [0.717, 1.165) is 11.3 Å². The van der Waals surface area contributed by atoms with Gasteiger partial charge in [0.1, 0.15) is 11.2 Å². The lowest BCUT2D eigenvalue weighted by atomic mass is 10.2. The quantitative estimate of drug-likeness (QED) is 0.757. The number of amides is 1. The highest BCUT2D eigenvalue weighted by atomic mass is 16.5. The Morgan fingerprint density at radius 1 is 1.30 bits per heavy atom. The van der Waals surface area contributed by atoms with Crippen molar-refractivity contribution >= 4 is 11.6 Å². The molecule has 0 aliphatic rings. The van der Waals surface area contributed by atoms with Crippen LogP contribution in [0.25, 0.3) is 5.65 Å². The van der Waals surface area contributed by atoms with Crippen LogP contribution in [0.15, 0.2) is 48.9 Å². The molecule has 1 N–H and O–H groups in total. The monoisotopic (exact) mass is 310 g/mol. The van der Waals surface area contributed by atoms with Crippen LogP contribution in [0, 0.1) is 0 Å². The van der Waals surface area contributed by atoms with Gasteiger partial charge in [-0.15, -0.1) is 0 Å². The molecule has 0 saturated carbocycles. The molecule has 118 valence electrons. The zero-order valence-electron chi connectivity index (χ0n) is 12.9. The van der Waals surface area contributed by atoms with Gasteiger partial charge in [0.2, 0.25) is 5.88 Å². The van der Waals surface area contributed by atoms with Crippen LogP contribution < -0.4 is 10.1 Å². The summed E-state index contributed by atoms with van der Waals surface area (Å²) < 4.78 is 7.34. The second-order valence-electron chi connectivity index (χ2n) is 4.99. The highest BCUT2D eigenvalue weighted by Crippen LogP contribution is 2.14. The Balaban J connectivity index is 1.61. The maximum Gasteiger partial charge on any atom is 0.256 e. The van der Waals surface area contributed by atoms with Gasteiger partial charge >= 0.3 is 0 Å². The predicted molar refractivity (Wildman–Crippen MR) is 86.6 cm³/mol. The molecule has 0 bridgehead atoms. The van der Waals surface area contributed by atoms with E-state index in [1.807, 2.05) is 41.9 Å². The third kappa shape index (κ3) is 3.48. The number of carbonyl (C=O) groups excluding carboxylic acids is 1. The summed E-state index contributed by atoms with van der Waals surface area (Å²) in [6, 6.07) is 9.29. The second-order valence-corrected chi connectivity index (χ2v) is 4.99. The van der Waals surface area contributed by atoms with Crippen LogP contribution in [0.1, 0.15) is 23.0 Å². The molecular formula is C17H18N4O2. The van der Waals surface area contributed by atoms with Crippen LogP contribution >= 0.6 is 0 Å². The van der Waals surface area contributed by atoms with Crippen molar-refractivity contribution in [2.45, 2.75) is 13.3 Å². The lowest BCUT2D eigenvalue weighted by molar-refractivity contribution is 0.0949. The molecule has 0 unspecified atom stereocenters. The van der Waals surface area contributed by atoms with E-state index >= 15 is 0 Å². The van der Waals surface area contributed by atoms with Crippen molar-refractivity contribution in [3.8, 4) is 5.88 Å². The molecule has 0 radical (unpaired) electrons. The molecule has 0 spiro atoms. The Kier molecular flexibility index (Phi) is 4.52. The molecule has 0 fully saturated rings. The average molecular weight is 310 g/mol. The molecule has 3 aromatic heterocycles. The van der Waals surface area contributed by atoms with E-state index in [9.17, 15) is 4.79 Å². The van der Waals surface area contributed by atoms with Gasteiger partial charge in [-0.25, -0.2) is 9.97 Å². The predicted octanol–water partition coefficient (Wildman–Crippen LogP) is 2.10. The summed E-state index contributed by atoms with van der Waals surface area (Å²) in [6.45, 7) is 2.83. The third-order valence-electron chi connectivity index (χ3n) is 3.38. The van der Waals surface area contributed by atoms with Gasteiger partial charge in [0.25, 0.3) is 5.91 Å². The van der Waals surface area contributed by atoms with E-state index in [-0.39, 0.29) is 5.91 Å². The molecular weight excluding hydrogens is 292 g/mol. The fourth-order valence-electron chi connectivity index (χ4n) is 2.32. The van der Waals surface area contributed by atoms with Crippen LogP contribution in [-0.4, -0.2) is 33.4 Å². The van der Waals surface area contributed by atoms with Gasteiger partial charge < -0.3 is 14.5 Å². The van der Waals surface area contributed by atoms with Crippen LogP contribution in [0.2, 0.25) is 0 Å². The Morgan fingerprint density at radius 3 is 3.04 bits per heavy atom. The summed E-state index contributed by atoms with van der Waals surface area (Å²) in [4.78, 5) is 20.8. The zero-order valence-corrected chi connectivity index (χ0v) is 12.9. The number of imidazole rings is 1. The van der Waals surface area contributed by atoms with Gasteiger partial charge in [-0.1, -0.05) is 6.07 Å². The van der Waals surface area contributed by atoms with E-state index in [1.165, 1.54) is 0 Å². The minimum absolute atomic E-state index is 0.190. The lowest BCUT2D eigenvalue weighted by Gasteiger charge is -2.08. The third-order valence-corrected chi connectivity index (χ3v) is 3.38. The highest BCUT2D eigenvalue weighted by Gasteiger charge is 2.12. The molecule has 0 aliphatic carbocycles. The number of nitrogens with zero attached hydrogens (tertiary/aromatic N) is 3. The molecule has 3 rings (SSSR count). The number of ether oxygens (including phenoxy) is 1. The number of pyridine rings is 2. The van der Waals surface area contributed by atoms with Gasteiger partial charge in [0, 0.05) is 31.6 Å². The fraction of sp³-hybridized carbons (Fsp3) is 0.235. The van der Waals surface area contributed by atoms with E-state index in [0.29, 0.717) is 31.0 Å². The van der Waals surface area contributed by atoms with Gasteiger partial charge in [-0.3, -0.25) is 4.79 Å². The first-order valence-corrected chi connectivity index (χ1v) is 7.56. The SMILES string of the molecule is CCOc1ncccc1C(=O)NCCc1cn2ccccc2n1. The average Bonchev–Trinajstić information content (AvgIpc) is 2.98. The molecule has 3 aromatic rings. The van der Waals surface area contributed by atoms with Crippen LogP contribution in [-0.2, 0) is 6.42 Å². The van der Waals surface area contributed by atoms with Crippen LogP contribution in [0.4, 0.5) is 0 Å². The summed E-state index contributed by atoms with van der Waals surface area (Å²) in [6.07, 6.45) is 6.20. The van der Waals surface area contributed by atoms with Crippen molar-refractivity contribution < 1.29 is 9.53 Å². The number of fused-ring (bicyclic) bond motifs is 1. The second kappa shape index (κ2) is 6.91. The first kappa shape index (κ1) is 15.0. The first-order chi connectivity index (χ1) is 11.3. The Hall–Kier alpha value is -2.89. The van der Waals surface area contributed by atoms with Crippen LogP contribution in [0.5, 0.6) is 5.88 Å². The lowest BCUT2D eigenvalue weighted by Crippen LogP contribution is -2.26. The normalized spacial score (nSPS) is 10.7. The van der Waals surface area contributed by atoms with Crippen molar-refractivity contribution in [1.82, 2.24) is 19.7 Å². The number of carbonyl (C=O) groups is 1. The van der Waals surface area contributed by atoms with Gasteiger partial charge in [-0.2, -0.15) is 0 Å². The van der Waals surface area contributed by atoms with Gasteiger partial charge in [0.05, 0.1) is 12.3 Å². The molecule has 3 heterocycles. The fourth-order valence-corrected chi connectivity index (χ4v) is 2.32. The smallest absolute Gasteiger partial charge is 0.256 e. The number of nitrogens with one attached hydrogen (secondary N) is 1. The van der Waals surface area contributed by atoms with Gasteiger partial charge in [0.15, 0.2) is 0 Å². The number of hydrogen-bond acceptors (Lipinski definition) is 4. The molecule has 23 heavy (non-hydrogen) atoms. The van der Waals surface area contributed by atoms with E-state index in [1.54, 1.807) is 18.3 Å². The Bertz CT molecular complexity index is 780. The van der Waals surface area contributed by atoms with Crippen molar-refractivity contribution in [2.24, 2.45) is 0 Å². The topological polar surface area (TPSA) is 68.5 Å². The summed E-state index contributed by atoms with van der Waals surface area (Å²) in [5, 5.41) is 2.88. The van der Waals surface area contributed by atoms with Crippen molar-refractivity contribution in [3.05, 3.63) is 60.2 Å². The molecule has 1 amide bonds. The molecule has 0 atom stereocenters. The summed E-state index contributed by atoms with van der Waals surface area (Å²) in [5.74, 6) is 0.172. The molecule has 0 saturated heterocycles. The minimum atomic E-state index is -0.190. The van der Waals surface area contributed by atoms with E-state index in [2.05, 4.69) is 15.3 Å². The van der Waals surface area contributed by atoms with E-state index < -0.39 is 0 Å². The standard InChI is InChI=1S/C17H18N4O2/c1-2-23-17-14(6-5-9-19-17)16(22)18-10-8-13-12-21-11-4-3-7-15(21)20-13/h3-7,9,11-12H,2,8,10H2,1H3,(H,18,22). The Morgan fingerprint density at radius 2 is 2.22 bits per heavy atom. The van der Waals surface area contributed by atoms with Crippen molar-refractivity contribution in [1.29, 1.82) is 0 Å². The Labute approximate surface area is 134 Å².